The van der Waals surface area contributed by atoms with E-state index in [0.717, 1.165) is 24.4 Å². The summed E-state index contributed by atoms with van der Waals surface area (Å²) in [5.41, 5.74) is 1.53. The summed E-state index contributed by atoms with van der Waals surface area (Å²) >= 11 is 0. The Morgan fingerprint density at radius 2 is 1.70 bits per heavy atom. The molecule has 0 radical (unpaired) electrons. The summed E-state index contributed by atoms with van der Waals surface area (Å²) in [6.45, 7) is 3.37. The fraction of sp³-hybridized carbons (Fsp3) is 0.333. The Labute approximate surface area is 159 Å². The van der Waals surface area contributed by atoms with Gasteiger partial charge in [0.25, 0.3) is 5.91 Å². The Morgan fingerprint density at radius 1 is 1.04 bits per heavy atom. The minimum Gasteiger partial charge on any atom is -0.497 e. The molecule has 0 atom stereocenters. The van der Waals surface area contributed by atoms with E-state index in [-0.39, 0.29) is 18.4 Å². The number of piperazine rings is 1. The molecule has 27 heavy (non-hydrogen) atoms. The van der Waals surface area contributed by atoms with Crippen LogP contribution in [-0.4, -0.2) is 61.4 Å². The van der Waals surface area contributed by atoms with Crippen LogP contribution in [0.5, 0.6) is 5.75 Å². The number of nitrogens with zero attached hydrogens (tertiary/aromatic N) is 2. The molecule has 1 heterocycles. The van der Waals surface area contributed by atoms with Gasteiger partial charge >= 0.3 is 0 Å². The summed E-state index contributed by atoms with van der Waals surface area (Å²) in [7, 11) is 1.62. The first kappa shape index (κ1) is 18.9. The van der Waals surface area contributed by atoms with Crippen LogP contribution in [0.25, 0.3) is 0 Å². The second-order valence-corrected chi connectivity index (χ2v) is 6.51. The number of hydrogen-bond donors (Lipinski definition) is 1. The molecule has 2 aromatic rings. The first-order valence-electron chi connectivity index (χ1n) is 9.13. The summed E-state index contributed by atoms with van der Waals surface area (Å²) in [5, 5.41) is 3.24. The Kier molecular flexibility index (Phi) is 6.44. The van der Waals surface area contributed by atoms with E-state index in [0.29, 0.717) is 25.2 Å². The molecule has 0 saturated carbocycles. The third-order valence-corrected chi connectivity index (χ3v) is 4.64. The zero-order valence-corrected chi connectivity index (χ0v) is 15.6. The lowest BCUT2D eigenvalue weighted by Crippen LogP contribution is -2.50. The van der Waals surface area contributed by atoms with E-state index in [9.17, 15) is 9.59 Å². The number of nitrogens with one attached hydrogen (secondary N) is 1. The quantitative estimate of drug-likeness (QED) is 0.845. The Bertz CT molecular complexity index is 756. The molecular weight excluding hydrogens is 342 g/mol. The molecule has 1 fully saturated rings. The number of carbonyl (C=O) groups is 2. The van der Waals surface area contributed by atoms with Crippen LogP contribution in [0.3, 0.4) is 0 Å². The number of carbonyl (C=O) groups excluding carboxylic acids is 2. The maximum absolute atomic E-state index is 13.0. The summed E-state index contributed by atoms with van der Waals surface area (Å²) in [6.07, 6.45) is 0. The van der Waals surface area contributed by atoms with E-state index in [2.05, 4.69) is 5.32 Å². The van der Waals surface area contributed by atoms with Gasteiger partial charge in [0.2, 0.25) is 5.91 Å². The number of amides is 2. The molecule has 0 unspecified atom stereocenters. The SMILES string of the molecule is COc1ccc(CN(CC(=O)N2CCNCC2)C(=O)c2ccccc2)cc1. The Morgan fingerprint density at radius 3 is 2.33 bits per heavy atom. The second-order valence-electron chi connectivity index (χ2n) is 6.51. The smallest absolute Gasteiger partial charge is 0.254 e. The van der Waals surface area contributed by atoms with Crippen LogP contribution in [0, 0.1) is 0 Å². The minimum absolute atomic E-state index is 0.0192. The zero-order valence-electron chi connectivity index (χ0n) is 15.6. The lowest BCUT2D eigenvalue weighted by atomic mass is 10.1. The van der Waals surface area contributed by atoms with E-state index < -0.39 is 0 Å². The maximum Gasteiger partial charge on any atom is 0.254 e. The summed E-state index contributed by atoms with van der Waals surface area (Å²) < 4.78 is 5.19. The van der Waals surface area contributed by atoms with E-state index in [1.807, 2.05) is 47.4 Å². The fourth-order valence-electron chi connectivity index (χ4n) is 3.09. The summed E-state index contributed by atoms with van der Waals surface area (Å²) in [6, 6.07) is 16.6. The third-order valence-electron chi connectivity index (χ3n) is 4.64. The molecule has 0 bridgehead atoms. The van der Waals surface area contributed by atoms with E-state index in [4.69, 9.17) is 4.74 Å². The van der Waals surface area contributed by atoms with Crippen molar-refractivity contribution in [2.75, 3.05) is 39.8 Å². The lowest BCUT2D eigenvalue weighted by molar-refractivity contribution is -0.132. The van der Waals surface area contributed by atoms with E-state index >= 15 is 0 Å². The predicted molar refractivity (Wildman–Crippen MR) is 104 cm³/mol. The van der Waals surface area contributed by atoms with Gasteiger partial charge in [0.05, 0.1) is 7.11 Å². The molecule has 2 aromatic carbocycles. The highest BCUT2D eigenvalue weighted by atomic mass is 16.5. The van der Waals surface area contributed by atoms with Crippen LogP contribution in [0.2, 0.25) is 0 Å². The van der Waals surface area contributed by atoms with Crippen molar-refractivity contribution >= 4 is 11.8 Å². The van der Waals surface area contributed by atoms with Crippen LogP contribution in [0.4, 0.5) is 0 Å². The molecule has 1 aliphatic rings. The fourth-order valence-corrected chi connectivity index (χ4v) is 3.09. The minimum atomic E-state index is -0.144. The van der Waals surface area contributed by atoms with Crippen LogP contribution in [0.15, 0.2) is 54.6 Å². The highest BCUT2D eigenvalue weighted by Crippen LogP contribution is 2.15. The normalized spacial score (nSPS) is 13.9. The molecule has 3 rings (SSSR count). The molecule has 1 N–H and O–H groups in total. The van der Waals surface area contributed by atoms with Crippen molar-refractivity contribution in [2.24, 2.45) is 0 Å². The van der Waals surface area contributed by atoms with Crippen LogP contribution in [0.1, 0.15) is 15.9 Å². The molecule has 142 valence electrons. The van der Waals surface area contributed by atoms with Gasteiger partial charge in [0.15, 0.2) is 0 Å². The predicted octanol–water partition coefficient (Wildman–Crippen LogP) is 1.77. The van der Waals surface area contributed by atoms with Crippen molar-refractivity contribution in [3.8, 4) is 5.75 Å². The maximum atomic E-state index is 13.0. The molecule has 6 nitrogen and oxygen atoms in total. The van der Waals surface area contributed by atoms with Crippen molar-refractivity contribution in [3.05, 3.63) is 65.7 Å². The zero-order chi connectivity index (χ0) is 19.1. The van der Waals surface area contributed by atoms with Crippen LogP contribution in [-0.2, 0) is 11.3 Å². The highest BCUT2D eigenvalue weighted by Gasteiger charge is 2.23. The molecule has 6 heteroatoms. The van der Waals surface area contributed by atoms with Crippen LogP contribution < -0.4 is 10.1 Å². The largest absolute Gasteiger partial charge is 0.497 e. The van der Waals surface area contributed by atoms with E-state index in [1.165, 1.54) is 0 Å². The molecule has 0 aromatic heterocycles. The topological polar surface area (TPSA) is 61.9 Å². The number of benzene rings is 2. The Hall–Kier alpha value is -2.86. The molecule has 1 aliphatic heterocycles. The Balaban J connectivity index is 1.76. The van der Waals surface area contributed by atoms with Crippen molar-refractivity contribution in [2.45, 2.75) is 6.54 Å². The monoisotopic (exact) mass is 367 g/mol. The van der Waals surface area contributed by atoms with Crippen molar-refractivity contribution in [1.82, 2.24) is 15.1 Å². The first-order valence-corrected chi connectivity index (χ1v) is 9.13. The number of ether oxygens (including phenoxy) is 1. The van der Waals surface area contributed by atoms with Crippen molar-refractivity contribution in [3.63, 3.8) is 0 Å². The van der Waals surface area contributed by atoms with E-state index in [1.54, 1.807) is 24.1 Å². The molecule has 2 amide bonds. The molecule has 1 saturated heterocycles. The van der Waals surface area contributed by atoms with Gasteiger partial charge < -0.3 is 19.9 Å². The standard InChI is InChI=1S/C21H25N3O3/c1-27-19-9-7-17(8-10-19)15-24(21(26)18-5-3-2-4-6-18)16-20(25)23-13-11-22-12-14-23/h2-10,22H,11-16H2,1H3. The summed E-state index contributed by atoms with van der Waals surface area (Å²) in [5.74, 6) is 0.598. The molecular formula is C21H25N3O3. The average Bonchev–Trinajstić information content (AvgIpc) is 2.74. The van der Waals surface area contributed by atoms with Crippen molar-refractivity contribution in [1.29, 1.82) is 0 Å². The van der Waals surface area contributed by atoms with Gasteiger partial charge in [0.1, 0.15) is 12.3 Å². The van der Waals surface area contributed by atoms with Gasteiger partial charge in [-0.1, -0.05) is 30.3 Å². The second kappa shape index (κ2) is 9.19. The average molecular weight is 367 g/mol. The van der Waals surface area contributed by atoms with Gasteiger partial charge in [-0.3, -0.25) is 9.59 Å². The van der Waals surface area contributed by atoms with Crippen LogP contribution >= 0.6 is 0 Å². The third kappa shape index (κ3) is 5.08. The summed E-state index contributed by atoms with van der Waals surface area (Å²) in [4.78, 5) is 29.2. The number of methoxy groups -OCH3 is 1. The molecule has 0 aliphatic carbocycles. The van der Waals surface area contributed by atoms with Gasteiger partial charge in [-0.2, -0.15) is 0 Å². The highest BCUT2D eigenvalue weighted by molar-refractivity contribution is 5.96. The number of rotatable bonds is 6. The van der Waals surface area contributed by atoms with Gasteiger partial charge in [-0.25, -0.2) is 0 Å². The van der Waals surface area contributed by atoms with Gasteiger partial charge in [-0.05, 0) is 29.8 Å². The lowest BCUT2D eigenvalue weighted by Gasteiger charge is -2.30. The number of hydrogen-bond acceptors (Lipinski definition) is 4. The first-order chi connectivity index (χ1) is 13.2. The van der Waals surface area contributed by atoms with Gasteiger partial charge in [0, 0.05) is 38.3 Å². The van der Waals surface area contributed by atoms with Gasteiger partial charge in [-0.15, -0.1) is 0 Å². The molecule has 0 spiro atoms. The van der Waals surface area contributed by atoms with Crippen molar-refractivity contribution < 1.29 is 14.3 Å².